The molecule has 5 rings (SSSR count). The number of hydrogen-bond donors (Lipinski definition) is 0. The summed E-state index contributed by atoms with van der Waals surface area (Å²) in [5, 5.41) is 1.03. The summed E-state index contributed by atoms with van der Waals surface area (Å²) in [6, 6.07) is 5.96. The van der Waals surface area contributed by atoms with Gasteiger partial charge >= 0.3 is 0 Å². The Morgan fingerprint density at radius 1 is 0.794 bits per heavy atom. The standard InChI is InChI=1S/C14H23O2P.C12H13N3O2/c1-3-5-10-15-12-8-7-9-13(14(12)17)16-11-6-4-2;16-9-7-8(13-1-2-13)12(17)11(15-5-6-15)10(9)14-3-4-14/h7-9H,3-6,10-11,17H2,1-2H3;7H,1-6H2. The van der Waals surface area contributed by atoms with Crippen LogP contribution in [0.3, 0.4) is 0 Å². The minimum atomic E-state index is 0.00546. The highest BCUT2D eigenvalue weighted by Gasteiger charge is 2.43. The molecule has 3 heterocycles. The monoisotopic (exact) mass is 485 g/mol. The van der Waals surface area contributed by atoms with Crippen molar-refractivity contribution in [3.8, 4) is 11.5 Å². The number of hydrogen-bond acceptors (Lipinski definition) is 7. The van der Waals surface area contributed by atoms with Crippen LogP contribution in [0.5, 0.6) is 11.5 Å². The molecule has 1 aliphatic carbocycles. The molecule has 3 saturated heterocycles. The van der Waals surface area contributed by atoms with Crippen LogP contribution in [-0.4, -0.2) is 78.7 Å². The topological polar surface area (TPSA) is 61.6 Å². The van der Waals surface area contributed by atoms with Crippen LogP contribution in [0.15, 0.2) is 41.4 Å². The van der Waals surface area contributed by atoms with Crippen LogP contribution in [0.1, 0.15) is 39.5 Å². The number of carbonyl (C=O) groups is 2. The zero-order valence-electron chi connectivity index (χ0n) is 20.3. The highest BCUT2D eigenvalue weighted by molar-refractivity contribution is 7.28. The van der Waals surface area contributed by atoms with Crippen LogP contribution in [0.25, 0.3) is 0 Å². The number of ketones is 2. The zero-order chi connectivity index (χ0) is 24.1. The van der Waals surface area contributed by atoms with Gasteiger partial charge in [0.25, 0.3) is 0 Å². The Hall–Kier alpha value is -2.53. The molecule has 34 heavy (non-hydrogen) atoms. The Morgan fingerprint density at radius 2 is 1.29 bits per heavy atom. The van der Waals surface area contributed by atoms with Crippen LogP contribution in [0.4, 0.5) is 0 Å². The largest absolute Gasteiger partial charge is 0.493 e. The highest BCUT2D eigenvalue weighted by Crippen LogP contribution is 2.34. The van der Waals surface area contributed by atoms with Gasteiger partial charge in [-0.1, -0.05) is 42.0 Å². The Bertz CT molecular complexity index is 950. The van der Waals surface area contributed by atoms with Gasteiger partial charge in [0.2, 0.25) is 11.6 Å². The summed E-state index contributed by atoms with van der Waals surface area (Å²) in [5.74, 6) is 1.88. The molecule has 3 aliphatic heterocycles. The first-order chi connectivity index (χ1) is 16.5. The second-order valence-electron chi connectivity index (χ2n) is 8.95. The summed E-state index contributed by atoms with van der Waals surface area (Å²) < 4.78 is 11.4. The van der Waals surface area contributed by atoms with E-state index in [1.807, 2.05) is 32.9 Å². The van der Waals surface area contributed by atoms with E-state index in [0.29, 0.717) is 17.1 Å². The molecule has 7 nitrogen and oxygen atoms in total. The van der Waals surface area contributed by atoms with Crippen molar-refractivity contribution in [3.63, 3.8) is 0 Å². The fourth-order valence-electron chi connectivity index (χ4n) is 3.70. The predicted molar refractivity (Wildman–Crippen MR) is 136 cm³/mol. The van der Waals surface area contributed by atoms with E-state index in [1.165, 1.54) is 6.08 Å². The van der Waals surface area contributed by atoms with Crippen LogP contribution < -0.4 is 14.8 Å². The van der Waals surface area contributed by atoms with Gasteiger partial charge in [0.05, 0.1) is 24.2 Å². The minimum Gasteiger partial charge on any atom is -0.493 e. The van der Waals surface area contributed by atoms with Crippen molar-refractivity contribution in [1.82, 2.24) is 14.7 Å². The maximum Gasteiger partial charge on any atom is 0.227 e. The highest BCUT2D eigenvalue weighted by atomic mass is 31.0. The van der Waals surface area contributed by atoms with Gasteiger partial charge in [0.1, 0.15) is 22.9 Å². The van der Waals surface area contributed by atoms with Gasteiger partial charge in [-0.25, -0.2) is 0 Å². The molecule has 1 aromatic carbocycles. The third-order valence-corrected chi connectivity index (χ3v) is 6.59. The summed E-state index contributed by atoms with van der Waals surface area (Å²) in [5.41, 5.74) is 1.89. The van der Waals surface area contributed by atoms with Gasteiger partial charge in [0.15, 0.2) is 0 Å². The molecule has 0 amide bonds. The Kier molecular flexibility index (Phi) is 8.15. The van der Waals surface area contributed by atoms with Crippen LogP contribution in [-0.2, 0) is 9.59 Å². The van der Waals surface area contributed by atoms with Gasteiger partial charge in [0, 0.05) is 45.3 Å². The van der Waals surface area contributed by atoms with Gasteiger partial charge in [-0.2, -0.15) is 0 Å². The Balaban J connectivity index is 0.000000161. The molecule has 0 spiro atoms. The number of Topliss-reactive ketones (excluding diaryl/α,β-unsaturated/α-hetero) is 1. The molecule has 4 aliphatic rings. The second-order valence-corrected chi connectivity index (χ2v) is 9.53. The number of allylic oxidation sites excluding steroid dienone is 1. The summed E-state index contributed by atoms with van der Waals surface area (Å²) in [7, 11) is 2.71. The zero-order valence-corrected chi connectivity index (χ0v) is 21.5. The molecular formula is C26H36N3O4P. The summed E-state index contributed by atoms with van der Waals surface area (Å²) in [4.78, 5) is 30.5. The van der Waals surface area contributed by atoms with E-state index in [2.05, 4.69) is 23.1 Å². The Morgan fingerprint density at radius 3 is 1.76 bits per heavy atom. The number of unbranched alkanes of at least 4 members (excludes halogenated alkanes) is 2. The maximum atomic E-state index is 12.4. The molecule has 1 aromatic rings. The van der Waals surface area contributed by atoms with E-state index in [4.69, 9.17) is 9.47 Å². The van der Waals surface area contributed by atoms with Crippen molar-refractivity contribution in [2.75, 3.05) is 52.5 Å². The number of carbonyl (C=O) groups excluding carboxylic acids is 2. The average Bonchev–Trinajstić information content (AvgIpc) is 3.68. The van der Waals surface area contributed by atoms with Crippen LogP contribution >= 0.6 is 9.24 Å². The van der Waals surface area contributed by atoms with Crippen molar-refractivity contribution in [1.29, 1.82) is 0 Å². The first kappa shape index (κ1) is 24.6. The molecule has 1 unspecified atom stereocenters. The average molecular weight is 486 g/mol. The first-order valence-corrected chi connectivity index (χ1v) is 13.1. The van der Waals surface area contributed by atoms with Crippen molar-refractivity contribution < 1.29 is 19.1 Å². The van der Waals surface area contributed by atoms with E-state index in [1.54, 1.807) is 0 Å². The second kappa shape index (κ2) is 11.3. The number of ether oxygens (including phenoxy) is 2. The van der Waals surface area contributed by atoms with E-state index < -0.39 is 0 Å². The number of rotatable bonds is 11. The molecule has 3 fully saturated rings. The van der Waals surface area contributed by atoms with Gasteiger partial charge in [-0.15, -0.1) is 0 Å². The smallest absolute Gasteiger partial charge is 0.227 e. The fourth-order valence-corrected chi connectivity index (χ4v) is 4.06. The van der Waals surface area contributed by atoms with Gasteiger partial charge in [-0.05, 0) is 25.0 Å². The lowest BCUT2D eigenvalue weighted by Gasteiger charge is -2.21. The molecular weight excluding hydrogens is 449 g/mol. The molecule has 184 valence electrons. The van der Waals surface area contributed by atoms with E-state index in [9.17, 15) is 9.59 Å². The van der Waals surface area contributed by atoms with E-state index >= 15 is 0 Å². The molecule has 0 aromatic heterocycles. The summed E-state index contributed by atoms with van der Waals surface area (Å²) in [6.07, 6.45) is 6.00. The van der Waals surface area contributed by atoms with E-state index in [-0.39, 0.29) is 11.6 Å². The normalized spacial score (nSPS) is 18.4. The first-order valence-electron chi connectivity index (χ1n) is 12.5. The molecule has 0 bridgehead atoms. The van der Waals surface area contributed by atoms with Crippen LogP contribution in [0, 0.1) is 0 Å². The SMILES string of the molecule is CCCCOc1cccc(OCCCC)c1P.O=C1C=C(N2CC2)C(=O)C(N2CC2)=C1N1CC1. The number of nitrogens with zero attached hydrogens (tertiary/aromatic N) is 3. The van der Waals surface area contributed by atoms with Crippen molar-refractivity contribution in [2.24, 2.45) is 0 Å². The molecule has 8 heteroatoms. The molecule has 0 radical (unpaired) electrons. The van der Waals surface area contributed by atoms with Crippen molar-refractivity contribution in [2.45, 2.75) is 39.5 Å². The minimum absolute atomic E-state index is 0.00546. The third-order valence-electron chi connectivity index (χ3n) is 6.03. The van der Waals surface area contributed by atoms with Crippen LogP contribution in [0.2, 0.25) is 0 Å². The lowest BCUT2D eigenvalue weighted by molar-refractivity contribution is -0.117. The van der Waals surface area contributed by atoms with Crippen molar-refractivity contribution in [3.05, 3.63) is 41.4 Å². The molecule has 0 N–H and O–H groups in total. The van der Waals surface area contributed by atoms with E-state index in [0.717, 1.165) is 95.0 Å². The molecule has 0 saturated carbocycles. The quantitative estimate of drug-likeness (QED) is 0.207. The lowest BCUT2D eigenvalue weighted by atomic mass is 10.0. The summed E-state index contributed by atoms with van der Waals surface area (Å²) in [6.45, 7) is 11.3. The lowest BCUT2D eigenvalue weighted by Crippen LogP contribution is -2.29. The fraction of sp³-hybridized carbons (Fsp3) is 0.538. The van der Waals surface area contributed by atoms with Gasteiger partial charge in [-0.3, -0.25) is 9.59 Å². The third kappa shape index (κ3) is 6.12. The predicted octanol–water partition coefficient (Wildman–Crippen LogP) is 2.73. The maximum absolute atomic E-state index is 12.4. The van der Waals surface area contributed by atoms with Crippen molar-refractivity contribution >= 4 is 26.1 Å². The molecule has 1 atom stereocenters. The Labute approximate surface area is 204 Å². The van der Waals surface area contributed by atoms with Gasteiger partial charge < -0.3 is 24.2 Å². The summed E-state index contributed by atoms with van der Waals surface area (Å²) >= 11 is 0. The number of benzene rings is 1.